The predicted molar refractivity (Wildman–Crippen MR) is 137 cm³/mol. The molecule has 0 bridgehead atoms. The third-order valence-electron chi connectivity index (χ3n) is 4.99. The van der Waals surface area contributed by atoms with E-state index in [0.717, 1.165) is 22.6 Å². The molecular weight excluding hydrogens is 448 g/mol. The van der Waals surface area contributed by atoms with E-state index in [9.17, 15) is 4.79 Å². The van der Waals surface area contributed by atoms with Crippen molar-refractivity contribution in [2.75, 3.05) is 13.7 Å². The molecule has 0 aliphatic carbocycles. The summed E-state index contributed by atoms with van der Waals surface area (Å²) in [4.78, 5) is 17.5. The van der Waals surface area contributed by atoms with Gasteiger partial charge in [-0.05, 0) is 79.2 Å². The zero-order valence-corrected chi connectivity index (χ0v) is 20.1. The van der Waals surface area contributed by atoms with E-state index >= 15 is 0 Å². The number of aryl methyl sites for hydroxylation is 1. The maximum Gasteiger partial charge on any atom is 0.264 e. The second-order valence-corrected chi connectivity index (χ2v) is 8.63. The Hall–Kier alpha value is -3.71. The van der Waals surface area contributed by atoms with E-state index in [0.29, 0.717) is 34.8 Å². The minimum atomic E-state index is -0.187. The van der Waals surface area contributed by atoms with Gasteiger partial charge in [0.15, 0.2) is 16.7 Å². The Morgan fingerprint density at radius 3 is 2.56 bits per heavy atom. The normalized spacial score (nSPS) is 15.4. The number of rotatable bonds is 8. The molecule has 4 rings (SSSR count). The summed E-state index contributed by atoms with van der Waals surface area (Å²) in [7, 11) is 1.60. The Morgan fingerprint density at radius 1 is 1.00 bits per heavy atom. The monoisotopic (exact) mass is 474 g/mol. The number of methoxy groups -OCH3 is 1. The first kappa shape index (κ1) is 23.4. The van der Waals surface area contributed by atoms with Crippen LogP contribution in [0.3, 0.4) is 0 Å². The lowest BCUT2D eigenvalue weighted by atomic mass is 10.1. The van der Waals surface area contributed by atoms with Crippen LogP contribution in [-0.2, 0) is 11.4 Å². The van der Waals surface area contributed by atoms with Crippen LogP contribution in [-0.4, -0.2) is 24.8 Å². The summed E-state index contributed by atoms with van der Waals surface area (Å²) in [6.07, 6.45) is 1.81. The lowest BCUT2D eigenvalue weighted by Gasteiger charge is -2.12. The van der Waals surface area contributed by atoms with Crippen molar-refractivity contribution in [1.29, 1.82) is 0 Å². The van der Waals surface area contributed by atoms with Gasteiger partial charge in [0.2, 0.25) is 0 Å². The number of thioether (sulfide) groups is 1. The van der Waals surface area contributed by atoms with Crippen molar-refractivity contribution in [2.45, 2.75) is 20.5 Å². The quantitative estimate of drug-likeness (QED) is 0.413. The molecule has 174 valence electrons. The molecule has 0 saturated carbocycles. The molecule has 34 heavy (non-hydrogen) atoms. The highest BCUT2D eigenvalue weighted by Crippen LogP contribution is 2.33. The summed E-state index contributed by atoms with van der Waals surface area (Å²) >= 11 is 1.30. The Morgan fingerprint density at radius 2 is 1.82 bits per heavy atom. The van der Waals surface area contributed by atoms with Gasteiger partial charge in [0, 0.05) is 0 Å². The Bertz CT molecular complexity index is 1240. The van der Waals surface area contributed by atoms with Crippen LogP contribution in [0.5, 0.6) is 17.2 Å². The van der Waals surface area contributed by atoms with Gasteiger partial charge in [0.1, 0.15) is 12.4 Å². The topological polar surface area (TPSA) is 69.2 Å². The van der Waals surface area contributed by atoms with Crippen LogP contribution in [0, 0.1) is 6.92 Å². The van der Waals surface area contributed by atoms with Gasteiger partial charge in [-0.3, -0.25) is 4.79 Å². The number of amidine groups is 1. The van der Waals surface area contributed by atoms with Crippen molar-refractivity contribution in [3.63, 3.8) is 0 Å². The van der Waals surface area contributed by atoms with Gasteiger partial charge in [0.05, 0.1) is 24.3 Å². The summed E-state index contributed by atoms with van der Waals surface area (Å²) in [5, 5.41) is 3.35. The molecular formula is C27H26N2O4S. The molecule has 0 atom stereocenters. The molecule has 0 unspecified atom stereocenters. The summed E-state index contributed by atoms with van der Waals surface area (Å²) in [5.41, 5.74) is 3.85. The van der Waals surface area contributed by atoms with E-state index < -0.39 is 0 Å². The van der Waals surface area contributed by atoms with E-state index in [4.69, 9.17) is 14.2 Å². The van der Waals surface area contributed by atoms with Crippen molar-refractivity contribution < 1.29 is 19.0 Å². The molecule has 1 saturated heterocycles. The third-order valence-corrected chi connectivity index (χ3v) is 5.90. The van der Waals surface area contributed by atoms with Crippen LogP contribution in [0.2, 0.25) is 0 Å². The largest absolute Gasteiger partial charge is 0.494 e. The third kappa shape index (κ3) is 5.99. The first-order valence-corrected chi connectivity index (χ1v) is 11.7. The minimum absolute atomic E-state index is 0.187. The highest BCUT2D eigenvalue weighted by Gasteiger charge is 2.24. The van der Waals surface area contributed by atoms with Gasteiger partial charge in [-0.2, -0.15) is 0 Å². The number of hydrogen-bond donors (Lipinski definition) is 1. The number of amides is 1. The molecule has 1 N–H and O–H groups in total. The highest BCUT2D eigenvalue weighted by atomic mass is 32.2. The lowest BCUT2D eigenvalue weighted by Crippen LogP contribution is -2.19. The van der Waals surface area contributed by atoms with E-state index in [1.54, 1.807) is 7.11 Å². The van der Waals surface area contributed by atoms with Crippen molar-refractivity contribution in [3.05, 3.63) is 88.3 Å². The number of nitrogens with zero attached hydrogens (tertiary/aromatic N) is 1. The number of carbonyl (C=O) groups is 1. The van der Waals surface area contributed by atoms with Gasteiger partial charge < -0.3 is 19.5 Å². The fourth-order valence-corrected chi connectivity index (χ4v) is 4.23. The van der Waals surface area contributed by atoms with Crippen molar-refractivity contribution in [3.8, 4) is 17.2 Å². The second-order valence-electron chi connectivity index (χ2n) is 7.60. The van der Waals surface area contributed by atoms with Crippen LogP contribution in [0.1, 0.15) is 23.6 Å². The van der Waals surface area contributed by atoms with Crippen LogP contribution in [0.4, 0.5) is 5.69 Å². The van der Waals surface area contributed by atoms with E-state index in [1.165, 1.54) is 17.3 Å². The molecule has 1 aliphatic rings. The van der Waals surface area contributed by atoms with E-state index in [2.05, 4.69) is 29.4 Å². The number of ether oxygens (including phenoxy) is 3. The molecule has 1 aliphatic heterocycles. The Labute approximate surface area is 203 Å². The number of carbonyl (C=O) groups excluding carboxylic acids is 1. The van der Waals surface area contributed by atoms with Crippen molar-refractivity contribution in [1.82, 2.24) is 5.32 Å². The Kier molecular flexibility index (Phi) is 7.54. The molecule has 0 aromatic heterocycles. The number of benzene rings is 3. The lowest BCUT2D eigenvalue weighted by molar-refractivity contribution is -0.115. The maximum atomic E-state index is 12.5. The number of aliphatic imine (C=N–C) groups is 1. The molecule has 1 amide bonds. The van der Waals surface area contributed by atoms with Crippen LogP contribution in [0.25, 0.3) is 6.08 Å². The zero-order chi connectivity index (χ0) is 23.9. The van der Waals surface area contributed by atoms with Gasteiger partial charge in [-0.25, -0.2) is 4.99 Å². The summed E-state index contributed by atoms with van der Waals surface area (Å²) in [5.74, 6) is 1.85. The predicted octanol–water partition coefficient (Wildman–Crippen LogP) is 5.87. The molecule has 7 heteroatoms. The van der Waals surface area contributed by atoms with E-state index in [-0.39, 0.29) is 5.91 Å². The average Bonchev–Trinajstić information content (AvgIpc) is 3.18. The first-order valence-electron chi connectivity index (χ1n) is 10.9. The van der Waals surface area contributed by atoms with Crippen molar-refractivity contribution >= 4 is 34.6 Å². The maximum absolute atomic E-state index is 12.5. The van der Waals surface area contributed by atoms with E-state index in [1.807, 2.05) is 67.6 Å². The average molecular weight is 475 g/mol. The SMILES string of the molecule is CCOc1ccc(N=C2NC(=O)/C(=C\c3ccc(OCc4cccc(C)c4)c(OC)c3)S2)cc1. The second kappa shape index (κ2) is 10.9. The van der Waals surface area contributed by atoms with Crippen LogP contribution < -0.4 is 19.5 Å². The van der Waals surface area contributed by atoms with Gasteiger partial charge in [0.25, 0.3) is 5.91 Å². The molecule has 1 heterocycles. The first-order chi connectivity index (χ1) is 16.5. The number of hydrogen-bond acceptors (Lipinski definition) is 6. The van der Waals surface area contributed by atoms with Crippen molar-refractivity contribution in [2.24, 2.45) is 4.99 Å². The van der Waals surface area contributed by atoms with Gasteiger partial charge in [-0.1, -0.05) is 35.9 Å². The van der Waals surface area contributed by atoms with Crippen LogP contribution in [0.15, 0.2) is 76.6 Å². The molecule has 3 aromatic carbocycles. The standard InChI is InChI=1S/C27H26N2O4S/c1-4-32-22-11-9-21(10-12-22)28-27-29-26(30)25(34-27)16-19-8-13-23(24(15-19)31-3)33-17-20-7-5-6-18(2)14-20/h5-16H,4,17H2,1-3H3,(H,28,29,30)/b25-16+. The highest BCUT2D eigenvalue weighted by molar-refractivity contribution is 8.18. The zero-order valence-electron chi connectivity index (χ0n) is 19.3. The molecule has 0 spiro atoms. The number of nitrogens with one attached hydrogen (secondary N) is 1. The summed E-state index contributed by atoms with van der Waals surface area (Å²) < 4.78 is 16.9. The summed E-state index contributed by atoms with van der Waals surface area (Å²) in [6, 6.07) is 21.2. The molecule has 0 radical (unpaired) electrons. The van der Waals surface area contributed by atoms with Gasteiger partial charge >= 0.3 is 0 Å². The molecule has 6 nitrogen and oxygen atoms in total. The molecule has 1 fully saturated rings. The molecule has 3 aromatic rings. The van der Waals surface area contributed by atoms with Gasteiger partial charge in [-0.15, -0.1) is 0 Å². The minimum Gasteiger partial charge on any atom is -0.494 e. The van der Waals surface area contributed by atoms with Crippen LogP contribution >= 0.6 is 11.8 Å². The Balaban J connectivity index is 1.45. The smallest absolute Gasteiger partial charge is 0.264 e. The fraction of sp³-hybridized carbons (Fsp3) is 0.185. The summed E-state index contributed by atoms with van der Waals surface area (Å²) in [6.45, 7) is 5.05. The fourth-order valence-electron chi connectivity index (χ4n) is 3.39.